The first-order valence-corrected chi connectivity index (χ1v) is 7.98. The van der Waals surface area contributed by atoms with Crippen LogP contribution in [0.3, 0.4) is 0 Å². The molecule has 1 heterocycles. The van der Waals surface area contributed by atoms with Crippen molar-refractivity contribution in [2.75, 3.05) is 0 Å². The lowest BCUT2D eigenvalue weighted by Gasteiger charge is -2.10. The van der Waals surface area contributed by atoms with Crippen molar-refractivity contribution in [1.29, 1.82) is 0 Å². The average molecular weight is 388 g/mol. The van der Waals surface area contributed by atoms with Crippen molar-refractivity contribution in [3.05, 3.63) is 70.1 Å². The zero-order valence-electron chi connectivity index (χ0n) is 14.5. The first-order valence-electron chi connectivity index (χ1n) is 7.98. The molecule has 0 unspecified atom stereocenters. The van der Waals surface area contributed by atoms with Crippen LogP contribution in [0.1, 0.15) is 20.8 Å². The lowest BCUT2D eigenvalue weighted by atomic mass is 10.1. The molecule has 0 aliphatic carbocycles. The van der Waals surface area contributed by atoms with Crippen molar-refractivity contribution in [3.8, 4) is 5.75 Å². The Balaban J connectivity index is 1.78. The molecular weight excluding hydrogens is 374 g/mol. The second-order valence-corrected chi connectivity index (χ2v) is 5.64. The number of rotatable bonds is 4. The van der Waals surface area contributed by atoms with Crippen molar-refractivity contribution in [2.45, 2.75) is 6.61 Å². The fourth-order valence-corrected chi connectivity index (χ4v) is 2.53. The van der Waals surface area contributed by atoms with Crippen LogP contribution < -0.4 is 21.1 Å². The molecule has 2 aromatic carbocycles. The van der Waals surface area contributed by atoms with Gasteiger partial charge in [-0.1, -0.05) is 24.3 Å². The van der Waals surface area contributed by atoms with Crippen LogP contribution in [0.25, 0.3) is 10.8 Å². The number of hydrazine groups is 1. The molecule has 3 aromatic rings. The second-order valence-electron chi connectivity index (χ2n) is 5.64. The SMILES string of the molecule is Cn1nc(C(=O)NNC(=O)c2cccc(OC(F)F)c2)c2ccccc2c1=O. The van der Waals surface area contributed by atoms with Crippen LogP contribution in [0.15, 0.2) is 53.3 Å². The number of benzene rings is 2. The maximum atomic E-state index is 12.4. The first-order chi connectivity index (χ1) is 13.4. The Kier molecular flexibility index (Phi) is 5.30. The average Bonchev–Trinajstić information content (AvgIpc) is 2.68. The lowest BCUT2D eigenvalue weighted by Crippen LogP contribution is -2.42. The van der Waals surface area contributed by atoms with Crippen LogP contribution in [-0.2, 0) is 7.05 Å². The summed E-state index contributed by atoms with van der Waals surface area (Å²) in [5, 5.41) is 4.56. The lowest BCUT2D eigenvalue weighted by molar-refractivity contribution is -0.0498. The zero-order valence-corrected chi connectivity index (χ0v) is 14.5. The van der Waals surface area contributed by atoms with E-state index >= 15 is 0 Å². The van der Waals surface area contributed by atoms with Crippen LogP contribution in [0.2, 0.25) is 0 Å². The summed E-state index contributed by atoms with van der Waals surface area (Å²) in [7, 11) is 1.40. The van der Waals surface area contributed by atoms with E-state index in [1.165, 1.54) is 25.2 Å². The summed E-state index contributed by atoms with van der Waals surface area (Å²) in [6.07, 6.45) is 0. The van der Waals surface area contributed by atoms with E-state index in [9.17, 15) is 23.2 Å². The Bertz CT molecular complexity index is 1110. The molecule has 28 heavy (non-hydrogen) atoms. The molecule has 10 heteroatoms. The standard InChI is InChI=1S/C18H14F2N4O4/c1-24-17(27)13-8-3-2-7-12(13)14(23-24)16(26)22-21-15(25)10-5-4-6-11(9-10)28-18(19)20/h2-9,18H,1H3,(H,21,25)(H,22,26). The fraction of sp³-hybridized carbons (Fsp3) is 0.111. The Hall–Kier alpha value is -3.82. The molecule has 2 N–H and O–H groups in total. The number of amides is 2. The summed E-state index contributed by atoms with van der Waals surface area (Å²) in [5.41, 5.74) is 3.92. The van der Waals surface area contributed by atoms with Gasteiger partial charge in [-0.15, -0.1) is 0 Å². The van der Waals surface area contributed by atoms with E-state index in [1.807, 2.05) is 0 Å². The molecule has 0 radical (unpaired) electrons. The third-order valence-corrected chi connectivity index (χ3v) is 3.78. The minimum absolute atomic E-state index is 0.00303. The van der Waals surface area contributed by atoms with Gasteiger partial charge in [0.05, 0.1) is 5.39 Å². The summed E-state index contributed by atoms with van der Waals surface area (Å²) in [4.78, 5) is 36.7. The van der Waals surface area contributed by atoms with Crippen molar-refractivity contribution in [3.63, 3.8) is 0 Å². The van der Waals surface area contributed by atoms with Gasteiger partial charge in [0.25, 0.3) is 17.4 Å². The van der Waals surface area contributed by atoms with Crippen LogP contribution >= 0.6 is 0 Å². The summed E-state index contributed by atoms with van der Waals surface area (Å²) >= 11 is 0. The van der Waals surface area contributed by atoms with Gasteiger partial charge >= 0.3 is 6.61 Å². The molecule has 0 aliphatic heterocycles. The number of carbonyl (C=O) groups excluding carboxylic acids is 2. The van der Waals surface area contributed by atoms with Gasteiger partial charge in [0.2, 0.25) is 0 Å². The topological polar surface area (TPSA) is 102 Å². The van der Waals surface area contributed by atoms with E-state index in [2.05, 4.69) is 20.7 Å². The maximum Gasteiger partial charge on any atom is 0.387 e. The van der Waals surface area contributed by atoms with Crippen molar-refractivity contribution < 1.29 is 23.1 Å². The third kappa shape index (κ3) is 3.95. The van der Waals surface area contributed by atoms with Gasteiger partial charge in [0.15, 0.2) is 5.69 Å². The number of hydrogen-bond acceptors (Lipinski definition) is 5. The molecule has 0 saturated heterocycles. The van der Waals surface area contributed by atoms with E-state index in [4.69, 9.17) is 0 Å². The molecule has 2 amide bonds. The van der Waals surface area contributed by atoms with Gasteiger partial charge in [-0.25, -0.2) is 4.68 Å². The molecular formula is C18H14F2N4O4. The molecule has 0 atom stereocenters. The predicted molar refractivity (Wildman–Crippen MR) is 95.0 cm³/mol. The van der Waals surface area contributed by atoms with E-state index in [0.29, 0.717) is 10.8 Å². The van der Waals surface area contributed by atoms with Crippen LogP contribution in [-0.4, -0.2) is 28.2 Å². The molecule has 3 rings (SSSR count). The van der Waals surface area contributed by atoms with Gasteiger partial charge in [-0.05, 0) is 24.3 Å². The molecule has 8 nitrogen and oxygen atoms in total. The zero-order chi connectivity index (χ0) is 20.3. The van der Waals surface area contributed by atoms with Gasteiger partial charge in [-0.2, -0.15) is 13.9 Å². The predicted octanol–water partition coefficient (Wildman–Crippen LogP) is 1.61. The molecule has 0 aliphatic rings. The van der Waals surface area contributed by atoms with Gasteiger partial charge in [0.1, 0.15) is 5.75 Å². The normalized spacial score (nSPS) is 10.7. The Morgan fingerprint density at radius 3 is 2.43 bits per heavy atom. The Morgan fingerprint density at radius 2 is 1.71 bits per heavy atom. The quantitative estimate of drug-likeness (QED) is 0.661. The van der Waals surface area contributed by atoms with E-state index in [-0.39, 0.29) is 22.6 Å². The number of nitrogens with one attached hydrogen (secondary N) is 2. The largest absolute Gasteiger partial charge is 0.435 e. The molecule has 1 aromatic heterocycles. The van der Waals surface area contributed by atoms with Gasteiger partial charge in [-0.3, -0.25) is 25.2 Å². The minimum atomic E-state index is -3.03. The van der Waals surface area contributed by atoms with E-state index in [1.54, 1.807) is 24.3 Å². The van der Waals surface area contributed by atoms with E-state index < -0.39 is 18.4 Å². The summed E-state index contributed by atoms with van der Waals surface area (Å²) in [5.74, 6) is -1.69. The highest BCUT2D eigenvalue weighted by Gasteiger charge is 2.17. The highest BCUT2D eigenvalue weighted by molar-refractivity contribution is 6.06. The highest BCUT2D eigenvalue weighted by Crippen LogP contribution is 2.16. The van der Waals surface area contributed by atoms with Crippen LogP contribution in [0, 0.1) is 0 Å². The molecule has 0 saturated carbocycles. The minimum Gasteiger partial charge on any atom is -0.435 e. The number of carbonyl (C=O) groups is 2. The summed E-state index contributed by atoms with van der Waals surface area (Å²) in [6.45, 7) is -3.03. The summed E-state index contributed by atoms with van der Waals surface area (Å²) < 4.78 is 29.8. The molecule has 0 fully saturated rings. The van der Waals surface area contributed by atoms with Crippen molar-refractivity contribution in [2.24, 2.45) is 7.05 Å². The molecule has 144 valence electrons. The third-order valence-electron chi connectivity index (χ3n) is 3.78. The maximum absolute atomic E-state index is 12.4. The van der Waals surface area contributed by atoms with Crippen molar-refractivity contribution in [1.82, 2.24) is 20.6 Å². The second kappa shape index (κ2) is 7.82. The highest BCUT2D eigenvalue weighted by atomic mass is 19.3. The van der Waals surface area contributed by atoms with Crippen LogP contribution in [0.4, 0.5) is 8.78 Å². The Labute approximate surface area is 156 Å². The van der Waals surface area contributed by atoms with Crippen molar-refractivity contribution >= 4 is 22.6 Å². The number of alkyl halides is 2. The van der Waals surface area contributed by atoms with E-state index in [0.717, 1.165) is 10.7 Å². The number of halogens is 2. The van der Waals surface area contributed by atoms with Gasteiger partial charge < -0.3 is 4.74 Å². The number of nitrogens with zero attached hydrogens (tertiary/aromatic N) is 2. The number of aryl methyl sites for hydroxylation is 1. The number of fused-ring (bicyclic) bond motifs is 1. The summed E-state index contributed by atoms with van der Waals surface area (Å²) in [6, 6.07) is 11.5. The number of ether oxygens (including phenoxy) is 1. The fourth-order valence-electron chi connectivity index (χ4n) is 2.53. The Morgan fingerprint density at radius 1 is 1.04 bits per heavy atom. The van der Waals surface area contributed by atoms with Gasteiger partial charge in [0, 0.05) is 18.0 Å². The first kappa shape index (κ1) is 19.0. The van der Waals surface area contributed by atoms with Crippen LogP contribution in [0.5, 0.6) is 5.75 Å². The molecule has 0 spiro atoms. The molecule has 0 bridgehead atoms. The smallest absolute Gasteiger partial charge is 0.387 e. The monoisotopic (exact) mass is 388 g/mol. The number of hydrogen-bond donors (Lipinski definition) is 2. The number of aromatic nitrogens is 2.